The van der Waals surface area contributed by atoms with Gasteiger partial charge in [0.05, 0.1) is 11.9 Å². The van der Waals surface area contributed by atoms with Gasteiger partial charge in [0, 0.05) is 38.9 Å². The van der Waals surface area contributed by atoms with E-state index in [1.54, 1.807) is 0 Å². The topological polar surface area (TPSA) is 33.1 Å². The summed E-state index contributed by atoms with van der Waals surface area (Å²) in [5.74, 6) is 1.64. The Balaban J connectivity index is 1.38. The van der Waals surface area contributed by atoms with Gasteiger partial charge in [0.1, 0.15) is 0 Å². The summed E-state index contributed by atoms with van der Waals surface area (Å²) in [5, 5.41) is 7.97. The minimum absolute atomic E-state index is 0.606. The van der Waals surface area contributed by atoms with Gasteiger partial charge in [0.2, 0.25) is 0 Å². The van der Waals surface area contributed by atoms with Crippen molar-refractivity contribution in [2.24, 2.45) is 18.9 Å². The average Bonchev–Trinajstić information content (AvgIpc) is 3.19. The molecule has 4 nitrogen and oxygen atoms in total. The minimum Gasteiger partial charge on any atom is -0.379 e. The van der Waals surface area contributed by atoms with E-state index in [0.717, 1.165) is 24.1 Å². The van der Waals surface area contributed by atoms with E-state index < -0.39 is 0 Å². The third-order valence-corrected chi connectivity index (χ3v) is 5.24. The van der Waals surface area contributed by atoms with Crippen molar-refractivity contribution in [3.63, 3.8) is 0 Å². The monoisotopic (exact) mass is 296 g/mol. The molecule has 1 saturated carbocycles. The summed E-state index contributed by atoms with van der Waals surface area (Å²) in [6.45, 7) is 3.57. The van der Waals surface area contributed by atoms with Crippen LogP contribution in [0.15, 0.2) is 42.7 Å². The molecule has 4 rings (SSSR count). The third kappa shape index (κ3) is 2.75. The SMILES string of the molecule is Cn1cc(N[C@@H]2CC[C@@H]3CN(Cc4ccccc4)C[C@H]32)cn1. The van der Waals surface area contributed by atoms with Crippen molar-refractivity contribution < 1.29 is 0 Å². The lowest BCUT2D eigenvalue weighted by atomic mass is 9.98. The fraction of sp³-hybridized carbons (Fsp3) is 0.500. The van der Waals surface area contributed by atoms with Gasteiger partial charge in [-0.25, -0.2) is 0 Å². The fourth-order valence-corrected chi connectivity index (χ4v) is 4.22. The van der Waals surface area contributed by atoms with Crippen LogP contribution in [0.4, 0.5) is 5.69 Å². The van der Waals surface area contributed by atoms with E-state index in [2.05, 4.69) is 51.8 Å². The number of nitrogens with zero attached hydrogens (tertiary/aromatic N) is 3. The molecule has 4 heteroatoms. The van der Waals surface area contributed by atoms with Crippen molar-refractivity contribution in [2.75, 3.05) is 18.4 Å². The Kier molecular flexibility index (Phi) is 3.62. The molecule has 1 aromatic carbocycles. The highest BCUT2D eigenvalue weighted by atomic mass is 15.3. The molecule has 0 spiro atoms. The van der Waals surface area contributed by atoms with Crippen LogP contribution in [-0.4, -0.2) is 33.8 Å². The van der Waals surface area contributed by atoms with Crippen molar-refractivity contribution in [1.29, 1.82) is 0 Å². The summed E-state index contributed by atoms with van der Waals surface area (Å²) in [4.78, 5) is 2.63. The normalized spacial score (nSPS) is 28.0. The second-order valence-corrected chi connectivity index (χ2v) is 6.83. The summed E-state index contributed by atoms with van der Waals surface area (Å²) in [6, 6.07) is 11.4. The maximum atomic E-state index is 4.26. The average molecular weight is 296 g/mol. The number of hydrogen-bond acceptors (Lipinski definition) is 3. The molecule has 1 aromatic heterocycles. The number of likely N-dealkylation sites (tertiary alicyclic amines) is 1. The van der Waals surface area contributed by atoms with E-state index in [9.17, 15) is 0 Å². The first-order valence-electron chi connectivity index (χ1n) is 8.29. The standard InChI is InChI=1S/C18H24N4/c1-21-12-16(9-19-21)20-18-8-7-15-11-22(13-17(15)18)10-14-5-3-2-4-6-14/h2-6,9,12,15,17-18,20H,7-8,10-11,13H2,1H3/t15-,17-,18-/m1/s1. The molecule has 116 valence electrons. The molecular weight excluding hydrogens is 272 g/mol. The lowest BCUT2D eigenvalue weighted by Gasteiger charge is -2.22. The number of aryl methyl sites for hydroxylation is 1. The maximum Gasteiger partial charge on any atom is 0.0728 e. The van der Waals surface area contributed by atoms with Crippen LogP contribution < -0.4 is 5.32 Å². The van der Waals surface area contributed by atoms with Crippen LogP contribution in [0.5, 0.6) is 0 Å². The third-order valence-electron chi connectivity index (χ3n) is 5.24. The van der Waals surface area contributed by atoms with Crippen LogP contribution in [-0.2, 0) is 13.6 Å². The van der Waals surface area contributed by atoms with Crippen molar-refractivity contribution in [3.05, 3.63) is 48.3 Å². The van der Waals surface area contributed by atoms with Crippen molar-refractivity contribution in [2.45, 2.75) is 25.4 Å². The number of aromatic nitrogens is 2. The van der Waals surface area contributed by atoms with Gasteiger partial charge in [-0.1, -0.05) is 30.3 Å². The quantitative estimate of drug-likeness (QED) is 0.942. The fourth-order valence-electron chi connectivity index (χ4n) is 4.22. The van der Waals surface area contributed by atoms with E-state index in [4.69, 9.17) is 0 Å². The Morgan fingerprint density at radius 1 is 1.18 bits per heavy atom. The van der Waals surface area contributed by atoms with Gasteiger partial charge in [0.25, 0.3) is 0 Å². The molecule has 2 aromatic rings. The van der Waals surface area contributed by atoms with Gasteiger partial charge in [-0.3, -0.25) is 9.58 Å². The van der Waals surface area contributed by atoms with Crippen molar-refractivity contribution in [3.8, 4) is 0 Å². The molecule has 0 unspecified atom stereocenters. The van der Waals surface area contributed by atoms with Crippen LogP contribution >= 0.6 is 0 Å². The van der Waals surface area contributed by atoms with Gasteiger partial charge >= 0.3 is 0 Å². The molecule has 2 heterocycles. The number of benzene rings is 1. The summed E-state index contributed by atoms with van der Waals surface area (Å²) >= 11 is 0. The van der Waals surface area contributed by atoms with E-state index >= 15 is 0 Å². The second-order valence-electron chi connectivity index (χ2n) is 6.83. The molecular formula is C18H24N4. The Morgan fingerprint density at radius 3 is 2.82 bits per heavy atom. The van der Waals surface area contributed by atoms with E-state index in [1.165, 1.54) is 31.5 Å². The second kappa shape index (κ2) is 5.76. The van der Waals surface area contributed by atoms with Crippen LogP contribution in [0.25, 0.3) is 0 Å². The summed E-state index contributed by atoms with van der Waals surface area (Å²) < 4.78 is 1.87. The summed E-state index contributed by atoms with van der Waals surface area (Å²) in [5.41, 5.74) is 2.59. The number of anilines is 1. The molecule has 1 N–H and O–H groups in total. The molecule has 2 fully saturated rings. The first kappa shape index (κ1) is 13.8. The first-order valence-corrected chi connectivity index (χ1v) is 8.29. The summed E-state index contributed by atoms with van der Waals surface area (Å²) in [7, 11) is 1.97. The molecule has 0 amide bonds. The Labute approximate surface area is 132 Å². The van der Waals surface area contributed by atoms with Gasteiger partial charge in [0.15, 0.2) is 0 Å². The molecule has 0 bridgehead atoms. The Hall–Kier alpha value is -1.81. The van der Waals surface area contributed by atoms with Crippen LogP contribution in [0.2, 0.25) is 0 Å². The predicted molar refractivity (Wildman–Crippen MR) is 88.6 cm³/mol. The van der Waals surface area contributed by atoms with Crippen LogP contribution in [0, 0.1) is 11.8 Å². The largest absolute Gasteiger partial charge is 0.379 e. The Morgan fingerprint density at radius 2 is 2.05 bits per heavy atom. The molecule has 1 aliphatic carbocycles. The number of rotatable bonds is 4. The van der Waals surface area contributed by atoms with Gasteiger partial charge in [-0.15, -0.1) is 0 Å². The predicted octanol–water partition coefficient (Wildman–Crippen LogP) is 2.74. The van der Waals surface area contributed by atoms with E-state index in [-0.39, 0.29) is 0 Å². The van der Waals surface area contributed by atoms with Crippen molar-refractivity contribution >= 4 is 5.69 Å². The van der Waals surface area contributed by atoms with Gasteiger partial charge in [-0.05, 0) is 30.2 Å². The van der Waals surface area contributed by atoms with Crippen molar-refractivity contribution in [1.82, 2.24) is 14.7 Å². The zero-order valence-electron chi connectivity index (χ0n) is 13.2. The van der Waals surface area contributed by atoms with Crippen LogP contribution in [0.3, 0.4) is 0 Å². The maximum absolute atomic E-state index is 4.26. The van der Waals surface area contributed by atoms with E-state index in [1.807, 2.05) is 17.9 Å². The Bertz CT molecular complexity index is 621. The highest BCUT2D eigenvalue weighted by Crippen LogP contribution is 2.39. The number of nitrogens with one attached hydrogen (secondary N) is 1. The molecule has 2 aliphatic rings. The minimum atomic E-state index is 0.606. The highest BCUT2D eigenvalue weighted by Gasteiger charge is 2.42. The lowest BCUT2D eigenvalue weighted by molar-refractivity contribution is 0.300. The molecule has 22 heavy (non-hydrogen) atoms. The molecule has 3 atom stereocenters. The lowest BCUT2D eigenvalue weighted by Crippen LogP contribution is -2.29. The van der Waals surface area contributed by atoms with E-state index in [0.29, 0.717) is 6.04 Å². The van der Waals surface area contributed by atoms with Gasteiger partial charge < -0.3 is 5.32 Å². The number of fused-ring (bicyclic) bond motifs is 1. The van der Waals surface area contributed by atoms with Gasteiger partial charge in [-0.2, -0.15) is 5.10 Å². The zero-order chi connectivity index (χ0) is 14.9. The molecule has 1 saturated heterocycles. The zero-order valence-corrected chi connectivity index (χ0v) is 13.2. The number of hydrogen-bond donors (Lipinski definition) is 1. The molecule has 1 aliphatic heterocycles. The highest BCUT2D eigenvalue weighted by molar-refractivity contribution is 5.40. The molecule has 0 radical (unpaired) electrons. The smallest absolute Gasteiger partial charge is 0.0728 e. The summed E-state index contributed by atoms with van der Waals surface area (Å²) in [6.07, 6.45) is 6.66. The van der Waals surface area contributed by atoms with Crippen LogP contribution in [0.1, 0.15) is 18.4 Å². The first-order chi connectivity index (χ1) is 10.8.